The lowest BCUT2D eigenvalue weighted by molar-refractivity contribution is 0.0924. The van der Waals surface area contributed by atoms with E-state index >= 15 is 0 Å². The van der Waals surface area contributed by atoms with E-state index < -0.39 is 0 Å². The number of nitrogens with zero attached hydrogens (tertiary/aromatic N) is 1. The van der Waals surface area contributed by atoms with Crippen molar-refractivity contribution in [2.45, 2.75) is 44.6 Å². The number of hydrogen-bond donors (Lipinski definition) is 2. The monoisotopic (exact) mass is 257 g/mol. The zero-order chi connectivity index (χ0) is 13.1. The van der Waals surface area contributed by atoms with Crippen molar-refractivity contribution < 1.29 is 4.79 Å². The van der Waals surface area contributed by atoms with E-state index in [4.69, 9.17) is 0 Å². The first kappa shape index (κ1) is 12.2. The van der Waals surface area contributed by atoms with Crippen molar-refractivity contribution in [2.24, 2.45) is 0 Å². The number of imidazole rings is 1. The van der Waals surface area contributed by atoms with E-state index in [0.717, 1.165) is 23.9 Å². The summed E-state index contributed by atoms with van der Waals surface area (Å²) in [5.74, 6) is 0.341. The molecule has 0 unspecified atom stereocenters. The van der Waals surface area contributed by atoms with E-state index in [-0.39, 0.29) is 5.91 Å². The van der Waals surface area contributed by atoms with Gasteiger partial charge in [-0.15, -0.1) is 0 Å². The first-order chi connectivity index (χ1) is 9.33. The topological polar surface area (TPSA) is 57.8 Å². The van der Waals surface area contributed by atoms with Crippen molar-refractivity contribution in [3.63, 3.8) is 0 Å². The summed E-state index contributed by atoms with van der Waals surface area (Å²) in [5, 5.41) is 3.10. The third-order valence-electron chi connectivity index (χ3n) is 3.79. The predicted molar refractivity (Wildman–Crippen MR) is 75.0 cm³/mol. The number of benzene rings is 1. The molecule has 0 spiro atoms. The SMILES string of the molecule is O=C(NC1CCCCCC1)c1nc2ccccc2[nH]1. The molecule has 4 heteroatoms. The molecular formula is C15H19N3O. The zero-order valence-corrected chi connectivity index (χ0v) is 11.0. The molecule has 0 bridgehead atoms. The van der Waals surface area contributed by atoms with Gasteiger partial charge >= 0.3 is 0 Å². The van der Waals surface area contributed by atoms with Crippen LogP contribution in [-0.2, 0) is 0 Å². The van der Waals surface area contributed by atoms with Gasteiger partial charge in [-0.2, -0.15) is 0 Å². The van der Waals surface area contributed by atoms with E-state index in [1.807, 2.05) is 24.3 Å². The highest BCUT2D eigenvalue weighted by atomic mass is 16.2. The molecule has 3 rings (SSSR count). The van der Waals surface area contributed by atoms with E-state index in [0.29, 0.717) is 11.9 Å². The van der Waals surface area contributed by atoms with Crippen LogP contribution in [-0.4, -0.2) is 21.9 Å². The van der Waals surface area contributed by atoms with Crippen molar-refractivity contribution in [1.82, 2.24) is 15.3 Å². The van der Waals surface area contributed by atoms with Crippen LogP contribution in [0.4, 0.5) is 0 Å². The molecule has 4 nitrogen and oxygen atoms in total. The molecule has 19 heavy (non-hydrogen) atoms. The summed E-state index contributed by atoms with van der Waals surface area (Å²) in [7, 11) is 0. The minimum absolute atomic E-state index is 0.0805. The highest BCUT2D eigenvalue weighted by Crippen LogP contribution is 2.18. The van der Waals surface area contributed by atoms with Gasteiger partial charge in [-0.05, 0) is 25.0 Å². The smallest absolute Gasteiger partial charge is 0.287 e. The molecule has 0 radical (unpaired) electrons. The van der Waals surface area contributed by atoms with Crippen LogP contribution in [0.25, 0.3) is 11.0 Å². The summed E-state index contributed by atoms with van der Waals surface area (Å²) >= 11 is 0. The first-order valence-electron chi connectivity index (χ1n) is 7.08. The molecule has 1 aromatic carbocycles. The number of para-hydroxylation sites is 2. The highest BCUT2D eigenvalue weighted by Gasteiger charge is 2.17. The molecule has 0 atom stereocenters. The zero-order valence-electron chi connectivity index (χ0n) is 11.0. The van der Waals surface area contributed by atoms with Crippen LogP contribution in [0, 0.1) is 0 Å². The second-order valence-corrected chi connectivity index (χ2v) is 5.26. The number of aromatic amines is 1. The molecule has 2 N–H and O–H groups in total. The molecule has 2 aromatic rings. The Labute approximate surface area is 112 Å². The number of aromatic nitrogens is 2. The van der Waals surface area contributed by atoms with Crippen LogP contribution in [0.5, 0.6) is 0 Å². The van der Waals surface area contributed by atoms with Crippen LogP contribution in [0.3, 0.4) is 0 Å². The maximum Gasteiger partial charge on any atom is 0.287 e. The number of nitrogens with one attached hydrogen (secondary N) is 2. The number of rotatable bonds is 2. The van der Waals surface area contributed by atoms with Crippen molar-refractivity contribution in [3.05, 3.63) is 30.1 Å². The average molecular weight is 257 g/mol. The predicted octanol–water partition coefficient (Wildman–Crippen LogP) is 3.02. The minimum atomic E-state index is -0.0805. The molecule has 1 aromatic heterocycles. The molecule has 0 saturated heterocycles. The van der Waals surface area contributed by atoms with Gasteiger partial charge in [0.2, 0.25) is 0 Å². The fraction of sp³-hybridized carbons (Fsp3) is 0.467. The summed E-state index contributed by atoms with van der Waals surface area (Å²) in [6, 6.07) is 8.02. The largest absolute Gasteiger partial charge is 0.347 e. The van der Waals surface area contributed by atoms with Gasteiger partial charge in [0.1, 0.15) is 0 Å². The van der Waals surface area contributed by atoms with Gasteiger partial charge in [0.15, 0.2) is 5.82 Å². The van der Waals surface area contributed by atoms with Crippen LogP contribution < -0.4 is 5.32 Å². The Bertz CT molecular complexity index is 535. The first-order valence-corrected chi connectivity index (χ1v) is 7.08. The summed E-state index contributed by atoms with van der Waals surface area (Å²) < 4.78 is 0. The number of H-pyrrole nitrogens is 1. The molecule has 1 heterocycles. The van der Waals surface area contributed by atoms with E-state index in [9.17, 15) is 4.79 Å². The number of hydrogen-bond acceptors (Lipinski definition) is 2. The van der Waals surface area contributed by atoms with Gasteiger partial charge in [0.05, 0.1) is 11.0 Å². The van der Waals surface area contributed by atoms with Gasteiger partial charge in [0.25, 0.3) is 5.91 Å². The van der Waals surface area contributed by atoms with Gasteiger partial charge in [0, 0.05) is 6.04 Å². The van der Waals surface area contributed by atoms with Crippen LogP contribution in [0.1, 0.15) is 49.1 Å². The van der Waals surface area contributed by atoms with E-state index in [2.05, 4.69) is 15.3 Å². The Morgan fingerprint density at radius 2 is 1.89 bits per heavy atom. The molecular weight excluding hydrogens is 238 g/mol. The standard InChI is InChI=1S/C15H19N3O/c19-15(16-11-7-3-1-2-4-8-11)14-17-12-9-5-6-10-13(12)18-14/h5-6,9-11H,1-4,7-8H2,(H,16,19)(H,17,18). The molecule has 1 aliphatic rings. The maximum absolute atomic E-state index is 12.2. The van der Waals surface area contributed by atoms with Crippen molar-refractivity contribution in [3.8, 4) is 0 Å². The quantitative estimate of drug-likeness (QED) is 0.812. The second-order valence-electron chi connectivity index (χ2n) is 5.26. The highest BCUT2D eigenvalue weighted by molar-refractivity contribution is 5.94. The third-order valence-corrected chi connectivity index (χ3v) is 3.79. The Hall–Kier alpha value is -1.84. The van der Waals surface area contributed by atoms with Crippen LogP contribution in [0.15, 0.2) is 24.3 Å². The van der Waals surface area contributed by atoms with Crippen LogP contribution >= 0.6 is 0 Å². The molecule has 1 saturated carbocycles. The third kappa shape index (κ3) is 2.78. The van der Waals surface area contributed by atoms with Crippen molar-refractivity contribution in [1.29, 1.82) is 0 Å². The Kier molecular flexibility index (Phi) is 3.49. The lowest BCUT2D eigenvalue weighted by Gasteiger charge is -2.14. The lowest BCUT2D eigenvalue weighted by atomic mass is 10.1. The summed E-state index contributed by atoms with van der Waals surface area (Å²) in [6.45, 7) is 0. The number of carbonyl (C=O) groups excluding carboxylic acids is 1. The molecule has 0 aliphatic heterocycles. The van der Waals surface area contributed by atoms with Crippen molar-refractivity contribution in [2.75, 3.05) is 0 Å². The lowest BCUT2D eigenvalue weighted by Crippen LogP contribution is -2.35. The molecule has 1 amide bonds. The summed E-state index contributed by atoms with van der Waals surface area (Å²) in [6.07, 6.45) is 7.18. The van der Waals surface area contributed by atoms with Crippen LogP contribution in [0.2, 0.25) is 0 Å². The van der Waals surface area contributed by atoms with Gasteiger partial charge in [-0.25, -0.2) is 4.98 Å². The molecule has 1 fully saturated rings. The summed E-state index contributed by atoms with van der Waals surface area (Å²) in [5.41, 5.74) is 1.75. The van der Waals surface area contributed by atoms with Gasteiger partial charge in [-0.1, -0.05) is 37.8 Å². The number of fused-ring (bicyclic) bond motifs is 1. The Morgan fingerprint density at radius 3 is 2.63 bits per heavy atom. The normalized spacial score (nSPS) is 17.3. The van der Waals surface area contributed by atoms with Crippen molar-refractivity contribution >= 4 is 16.9 Å². The molecule has 100 valence electrons. The fourth-order valence-corrected chi connectivity index (χ4v) is 2.74. The Balaban J connectivity index is 1.72. The van der Waals surface area contributed by atoms with E-state index in [1.54, 1.807) is 0 Å². The number of amides is 1. The van der Waals surface area contributed by atoms with Gasteiger partial charge in [-0.3, -0.25) is 4.79 Å². The molecule has 1 aliphatic carbocycles. The van der Waals surface area contributed by atoms with Gasteiger partial charge < -0.3 is 10.3 Å². The second kappa shape index (κ2) is 5.43. The fourth-order valence-electron chi connectivity index (χ4n) is 2.74. The van der Waals surface area contributed by atoms with E-state index in [1.165, 1.54) is 25.7 Å². The average Bonchev–Trinajstić information content (AvgIpc) is 2.70. The minimum Gasteiger partial charge on any atom is -0.347 e. The Morgan fingerprint density at radius 1 is 1.16 bits per heavy atom. The maximum atomic E-state index is 12.2. The number of carbonyl (C=O) groups is 1. The summed E-state index contributed by atoms with van der Waals surface area (Å²) in [4.78, 5) is 19.6.